The van der Waals surface area contributed by atoms with Crippen LogP contribution in [0.3, 0.4) is 0 Å². The second kappa shape index (κ2) is 6.99. The van der Waals surface area contributed by atoms with Crippen molar-refractivity contribution in [3.63, 3.8) is 0 Å². The van der Waals surface area contributed by atoms with Crippen molar-refractivity contribution < 1.29 is 9.53 Å². The molecule has 0 amide bonds. The number of benzene rings is 2. The monoisotopic (exact) mass is 358 g/mol. The first-order valence-electron chi connectivity index (χ1n) is 8.71. The topological polar surface area (TPSA) is 69.4 Å². The van der Waals surface area contributed by atoms with Gasteiger partial charge < -0.3 is 4.74 Å². The van der Waals surface area contributed by atoms with E-state index in [9.17, 15) is 4.79 Å². The second-order valence-corrected chi connectivity index (χ2v) is 6.51. The molecule has 0 N–H and O–H groups in total. The number of hydrogen-bond acceptors (Lipinski definition) is 5. The van der Waals surface area contributed by atoms with Crippen molar-refractivity contribution in [3.8, 4) is 5.75 Å². The molecule has 0 saturated carbocycles. The van der Waals surface area contributed by atoms with Crippen molar-refractivity contribution in [2.45, 2.75) is 19.8 Å². The molecule has 6 heteroatoms. The SMILES string of the molecule is CC(C)c1cccc(OC(=O)/C=C/c2nnc3c4ccccc4cnn23)c1. The normalized spacial score (nSPS) is 11.7. The first kappa shape index (κ1) is 16.9. The maximum absolute atomic E-state index is 12.2. The maximum atomic E-state index is 12.2. The van der Waals surface area contributed by atoms with E-state index in [1.54, 1.807) is 22.9 Å². The van der Waals surface area contributed by atoms with Gasteiger partial charge in [0.05, 0.1) is 6.20 Å². The van der Waals surface area contributed by atoms with E-state index in [1.165, 1.54) is 6.08 Å². The minimum atomic E-state index is -0.478. The Morgan fingerprint density at radius 3 is 2.81 bits per heavy atom. The molecule has 0 saturated heterocycles. The van der Waals surface area contributed by atoms with Gasteiger partial charge in [-0.2, -0.15) is 9.61 Å². The van der Waals surface area contributed by atoms with Crippen LogP contribution >= 0.6 is 0 Å². The van der Waals surface area contributed by atoms with Crippen LogP contribution in [-0.2, 0) is 4.79 Å². The number of aromatic nitrogens is 4. The molecule has 0 fully saturated rings. The van der Waals surface area contributed by atoms with Gasteiger partial charge in [0.1, 0.15) is 5.75 Å². The van der Waals surface area contributed by atoms with Crippen molar-refractivity contribution in [3.05, 3.63) is 72.2 Å². The molecule has 0 aliphatic heterocycles. The molecule has 0 unspecified atom stereocenters. The quantitative estimate of drug-likeness (QED) is 0.313. The molecule has 27 heavy (non-hydrogen) atoms. The predicted octanol–water partition coefficient (Wildman–Crippen LogP) is 4.02. The third kappa shape index (κ3) is 3.42. The number of nitrogens with zero attached hydrogens (tertiary/aromatic N) is 4. The van der Waals surface area contributed by atoms with Gasteiger partial charge in [0.15, 0.2) is 11.5 Å². The van der Waals surface area contributed by atoms with E-state index in [1.807, 2.05) is 42.5 Å². The van der Waals surface area contributed by atoms with Crippen molar-refractivity contribution >= 4 is 28.5 Å². The largest absolute Gasteiger partial charge is 0.423 e. The van der Waals surface area contributed by atoms with E-state index in [4.69, 9.17) is 4.74 Å². The first-order chi connectivity index (χ1) is 13.1. The maximum Gasteiger partial charge on any atom is 0.336 e. The van der Waals surface area contributed by atoms with Gasteiger partial charge in [0.2, 0.25) is 0 Å². The zero-order chi connectivity index (χ0) is 18.8. The fraction of sp³-hybridized carbons (Fsp3) is 0.143. The highest BCUT2D eigenvalue weighted by molar-refractivity contribution is 5.93. The molecular weight excluding hydrogens is 340 g/mol. The van der Waals surface area contributed by atoms with E-state index in [2.05, 4.69) is 29.1 Å². The number of carbonyl (C=O) groups excluding carboxylic acids is 1. The minimum Gasteiger partial charge on any atom is -0.423 e. The van der Waals surface area contributed by atoms with Crippen LogP contribution in [-0.4, -0.2) is 25.8 Å². The van der Waals surface area contributed by atoms with Crippen molar-refractivity contribution in [2.24, 2.45) is 0 Å². The average molecular weight is 358 g/mol. The van der Waals surface area contributed by atoms with Crippen LogP contribution in [0.15, 0.2) is 60.8 Å². The third-order valence-corrected chi connectivity index (χ3v) is 4.29. The molecule has 134 valence electrons. The van der Waals surface area contributed by atoms with E-state index in [-0.39, 0.29) is 0 Å². The van der Waals surface area contributed by atoms with Crippen LogP contribution in [0.5, 0.6) is 5.75 Å². The second-order valence-electron chi connectivity index (χ2n) is 6.51. The van der Waals surface area contributed by atoms with Gasteiger partial charge >= 0.3 is 5.97 Å². The van der Waals surface area contributed by atoms with E-state index < -0.39 is 5.97 Å². The Kier molecular flexibility index (Phi) is 4.38. The van der Waals surface area contributed by atoms with Crippen molar-refractivity contribution in [2.75, 3.05) is 0 Å². The molecule has 4 aromatic rings. The summed E-state index contributed by atoms with van der Waals surface area (Å²) in [5, 5.41) is 14.6. The van der Waals surface area contributed by atoms with Crippen molar-refractivity contribution in [1.29, 1.82) is 0 Å². The third-order valence-electron chi connectivity index (χ3n) is 4.29. The lowest BCUT2D eigenvalue weighted by molar-refractivity contribution is -0.128. The lowest BCUT2D eigenvalue weighted by Gasteiger charge is -2.07. The smallest absolute Gasteiger partial charge is 0.336 e. The number of rotatable bonds is 4. The van der Waals surface area contributed by atoms with Gasteiger partial charge in [0.25, 0.3) is 0 Å². The Hall–Kier alpha value is -3.54. The Bertz CT molecular complexity index is 1160. The average Bonchev–Trinajstić information content (AvgIpc) is 3.10. The molecular formula is C21H18N4O2. The molecule has 0 spiro atoms. The fourth-order valence-electron chi connectivity index (χ4n) is 2.84. The Labute approximate surface area is 156 Å². The molecule has 0 radical (unpaired) electrons. The fourth-order valence-corrected chi connectivity index (χ4v) is 2.84. The molecule has 2 heterocycles. The van der Waals surface area contributed by atoms with E-state index >= 15 is 0 Å². The molecule has 0 aliphatic rings. The molecule has 2 aromatic heterocycles. The van der Waals surface area contributed by atoms with E-state index in [0.29, 0.717) is 23.1 Å². The summed E-state index contributed by atoms with van der Waals surface area (Å²) >= 11 is 0. The molecule has 6 nitrogen and oxygen atoms in total. The Morgan fingerprint density at radius 1 is 1.11 bits per heavy atom. The van der Waals surface area contributed by atoms with Crippen LogP contribution in [0.25, 0.3) is 22.5 Å². The lowest BCUT2D eigenvalue weighted by Crippen LogP contribution is -2.04. The summed E-state index contributed by atoms with van der Waals surface area (Å²) < 4.78 is 6.98. The summed E-state index contributed by atoms with van der Waals surface area (Å²) in [5.74, 6) is 0.866. The standard InChI is InChI=1S/C21H18N4O2/c1-14(2)15-7-5-8-17(12-15)27-20(26)11-10-19-23-24-21-18-9-4-3-6-16(18)13-22-25(19)21/h3-14H,1-2H3/b11-10+. The molecule has 0 bridgehead atoms. The van der Waals surface area contributed by atoms with Gasteiger partial charge in [-0.05, 0) is 29.7 Å². The summed E-state index contributed by atoms with van der Waals surface area (Å²) in [5.41, 5.74) is 1.76. The van der Waals surface area contributed by atoms with Crippen LogP contribution in [0.4, 0.5) is 0 Å². The zero-order valence-electron chi connectivity index (χ0n) is 15.0. The Balaban J connectivity index is 1.57. The highest BCUT2D eigenvalue weighted by Crippen LogP contribution is 2.21. The lowest BCUT2D eigenvalue weighted by atomic mass is 10.0. The van der Waals surface area contributed by atoms with Gasteiger partial charge in [-0.15, -0.1) is 10.2 Å². The summed E-state index contributed by atoms with van der Waals surface area (Å²) in [6.07, 6.45) is 4.63. The summed E-state index contributed by atoms with van der Waals surface area (Å²) in [6, 6.07) is 15.3. The van der Waals surface area contributed by atoms with Crippen LogP contribution in [0.1, 0.15) is 31.2 Å². The minimum absolute atomic E-state index is 0.363. The van der Waals surface area contributed by atoms with Gasteiger partial charge in [-0.25, -0.2) is 4.79 Å². The van der Waals surface area contributed by atoms with Crippen LogP contribution in [0, 0.1) is 0 Å². The predicted molar refractivity (Wildman–Crippen MR) is 103 cm³/mol. The summed E-state index contributed by atoms with van der Waals surface area (Å²) in [7, 11) is 0. The number of ether oxygens (including phenoxy) is 1. The number of esters is 1. The zero-order valence-corrected chi connectivity index (χ0v) is 15.0. The van der Waals surface area contributed by atoms with Gasteiger partial charge in [0, 0.05) is 16.8 Å². The highest BCUT2D eigenvalue weighted by Gasteiger charge is 2.09. The molecule has 2 aromatic carbocycles. The Morgan fingerprint density at radius 2 is 1.96 bits per heavy atom. The molecule has 0 aliphatic carbocycles. The number of carbonyl (C=O) groups is 1. The number of hydrogen-bond donors (Lipinski definition) is 0. The highest BCUT2D eigenvalue weighted by atomic mass is 16.5. The van der Waals surface area contributed by atoms with Gasteiger partial charge in [-0.3, -0.25) is 0 Å². The summed E-state index contributed by atoms with van der Waals surface area (Å²) in [4.78, 5) is 12.2. The van der Waals surface area contributed by atoms with Gasteiger partial charge in [-0.1, -0.05) is 50.2 Å². The van der Waals surface area contributed by atoms with Crippen LogP contribution in [0.2, 0.25) is 0 Å². The number of fused-ring (bicyclic) bond motifs is 3. The van der Waals surface area contributed by atoms with E-state index in [0.717, 1.165) is 16.3 Å². The first-order valence-corrected chi connectivity index (χ1v) is 8.71. The van der Waals surface area contributed by atoms with Crippen molar-refractivity contribution in [1.82, 2.24) is 19.8 Å². The molecule has 0 atom stereocenters. The molecule has 4 rings (SSSR count). The summed E-state index contributed by atoms with van der Waals surface area (Å²) in [6.45, 7) is 4.18. The van der Waals surface area contributed by atoms with Crippen LogP contribution < -0.4 is 4.74 Å².